The summed E-state index contributed by atoms with van der Waals surface area (Å²) >= 11 is 0. The minimum atomic E-state index is -0.999. The summed E-state index contributed by atoms with van der Waals surface area (Å²) < 4.78 is 0. The lowest BCUT2D eigenvalue weighted by molar-refractivity contribution is -0.138. The number of hydrogen-bond donors (Lipinski definition) is 2. The van der Waals surface area contributed by atoms with Crippen molar-refractivity contribution in [3.05, 3.63) is 30.1 Å². The first-order chi connectivity index (χ1) is 5.70. The van der Waals surface area contributed by atoms with Gasteiger partial charge in [-0.3, -0.25) is 9.78 Å². The Hall–Kier alpha value is -0.840. The second kappa shape index (κ2) is 7.55. The molecule has 6 heteroatoms. The minimum Gasteiger partial charge on any atom is -0.480 e. The van der Waals surface area contributed by atoms with Gasteiger partial charge in [-0.05, 0) is 12.1 Å². The summed E-state index contributed by atoms with van der Waals surface area (Å²) in [5.41, 5.74) is 6.01. The van der Waals surface area contributed by atoms with E-state index in [-0.39, 0.29) is 31.2 Å². The summed E-state index contributed by atoms with van der Waals surface area (Å²) in [6.45, 7) is 0. The van der Waals surface area contributed by atoms with Gasteiger partial charge in [-0.2, -0.15) is 0 Å². The molecule has 0 saturated heterocycles. The summed E-state index contributed by atoms with van der Waals surface area (Å²) in [5, 5.41) is 8.49. The molecule has 0 amide bonds. The maximum absolute atomic E-state index is 10.4. The molecule has 80 valence electrons. The molecule has 0 aliphatic heterocycles. The van der Waals surface area contributed by atoms with Gasteiger partial charge in [0.25, 0.3) is 0 Å². The van der Waals surface area contributed by atoms with Gasteiger partial charge in [0, 0.05) is 18.3 Å². The monoisotopic (exact) mass is 238 g/mol. The Morgan fingerprint density at radius 3 is 2.57 bits per heavy atom. The molecule has 1 aromatic heterocycles. The van der Waals surface area contributed by atoms with Gasteiger partial charge in [0.15, 0.2) is 0 Å². The van der Waals surface area contributed by atoms with Crippen molar-refractivity contribution in [2.45, 2.75) is 12.5 Å². The van der Waals surface area contributed by atoms with E-state index in [1.54, 1.807) is 24.4 Å². The predicted molar refractivity (Wildman–Crippen MR) is 58.0 cm³/mol. The van der Waals surface area contributed by atoms with Crippen LogP contribution in [0.25, 0.3) is 0 Å². The fourth-order valence-corrected chi connectivity index (χ4v) is 0.831. The number of halogens is 2. The Balaban J connectivity index is 0. The van der Waals surface area contributed by atoms with E-state index in [1.807, 2.05) is 0 Å². The first kappa shape index (κ1) is 15.6. The van der Waals surface area contributed by atoms with E-state index in [0.29, 0.717) is 5.69 Å². The normalized spacial score (nSPS) is 10.6. The second-order valence-corrected chi connectivity index (χ2v) is 2.47. The number of carboxylic acids is 1. The maximum Gasteiger partial charge on any atom is 0.320 e. The fraction of sp³-hybridized carbons (Fsp3) is 0.250. The zero-order valence-corrected chi connectivity index (χ0v) is 8.92. The third-order valence-corrected chi connectivity index (χ3v) is 1.47. The summed E-state index contributed by atoms with van der Waals surface area (Å²) in [6, 6.07) is 4.47. The van der Waals surface area contributed by atoms with Gasteiger partial charge < -0.3 is 10.8 Å². The summed E-state index contributed by atoms with van der Waals surface area (Å²) in [4.78, 5) is 14.3. The van der Waals surface area contributed by atoms with Crippen LogP contribution in [-0.4, -0.2) is 22.1 Å². The van der Waals surface area contributed by atoms with E-state index in [9.17, 15) is 4.79 Å². The molecule has 1 atom stereocenters. The van der Waals surface area contributed by atoms with Crippen LogP contribution in [0.4, 0.5) is 0 Å². The number of rotatable bonds is 3. The highest BCUT2D eigenvalue weighted by molar-refractivity contribution is 5.85. The van der Waals surface area contributed by atoms with Crippen LogP contribution in [0.3, 0.4) is 0 Å². The lowest BCUT2D eigenvalue weighted by Crippen LogP contribution is -2.32. The van der Waals surface area contributed by atoms with E-state index in [2.05, 4.69) is 4.98 Å². The molecular weight excluding hydrogens is 227 g/mol. The molecule has 1 heterocycles. The molecule has 0 saturated carbocycles. The Bertz CT molecular complexity index is 269. The molecule has 0 aliphatic carbocycles. The zero-order chi connectivity index (χ0) is 8.97. The SMILES string of the molecule is Cl.Cl.NC(Cc1ccccn1)C(=O)O. The molecule has 0 aliphatic rings. The third-order valence-electron chi connectivity index (χ3n) is 1.47. The first-order valence-electron chi connectivity index (χ1n) is 3.58. The fourth-order valence-electron chi connectivity index (χ4n) is 0.831. The molecule has 1 unspecified atom stereocenters. The number of nitrogens with two attached hydrogens (primary N) is 1. The predicted octanol–water partition coefficient (Wildman–Crippen LogP) is 0.880. The van der Waals surface area contributed by atoms with Gasteiger partial charge in [-0.25, -0.2) is 0 Å². The molecule has 1 rings (SSSR count). The van der Waals surface area contributed by atoms with Crippen molar-refractivity contribution in [3.8, 4) is 0 Å². The summed E-state index contributed by atoms with van der Waals surface area (Å²) in [7, 11) is 0. The molecule has 0 fully saturated rings. The van der Waals surface area contributed by atoms with Gasteiger partial charge in [0.1, 0.15) is 6.04 Å². The van der Waals surface area contributed by atoms with Crippen molar-refractivity contribution in [1.82, 2.24) is 4.98 Å². The van der Waals surface area contributed by atoms with Gasteiger partial charge in [0.2, 0.25) is 0 Å². The van der Waals surface area contributed by atoms with Gasteiger partial charge >= 0.3 is 5.97 Å². The first-order valence-corrected chi connectivity index (χ1v) is 3.58. The maximum atomic E-state index is 10.4. The Morgan fingerprint density at radius 2 is 2.14 bits per heavy atom. The van der Waals surface area contributed by atoms with Crippen LogP contribution in [-0.2, 0) is 11.2 Å². The molecule has 0 aromatic carbocycles. The van der Waals surface area contributed by atoms with Crippen molar-refractivity contribution in [1.29, 1.82) is 0 Å². The Labute approximate surface area is 94.3 Å². The van der Waals surface area contributed by atoms with Crippen molar-refractivity contribution >= 4 is 30.8 Å². The van der Waals surface area contributed by atoms with E-state index < -0.39 is 12.0 Å². The van der Waals surface area contributed by atoms with Gasteiger partial charge in [-0.1, -0.05) is 6.07 Å². The van der Waals surface area contributed by atoms with E-state index in [1.165, 1.54) is 0 Å². The van der Waals surface area contributed by atoms with E-state index >= 15 is 0 Å². The zero-order valence-electron chi connectivity index (χ0n) is 7.29. The third kappa shape index (κ3) is 5.01. The number of nitrogens with zero attached hydrogens (tertiary/aromatic N) is 1. The average molecular weight is 239 g/mol. The van der Waals surface area contributed by atoms with Crippen LogP contribution in [0.2, 0.25) is 0 Å². The largest absolute Gasteiger partial charge is 0.480 e. The van der Waals surface area contributed by atoms with Crippen molar-refractivity contribution in [3.63, 3.8) is 0 Å². The molecule has 4 nitrogen and oxygen atoms in total. The number of aliphatic carboxylic acids is 1. The highest BCUT2D eigenvalue weighted by atomic mass is 35.5. The Morgan fingerprint density at radius 1 is 1.50 bits per heavy atom. The van der Waals surface area contributed by atoms with E-state index in [0.717, 1.165) is 0 Å². The number of hydrogen-bond acceptors (Lipinski definition) is 3. The molecule has 14 heavy (non-hydrogen) atoms. The average Bonchev–Trinajstić information content (AvgIpc) is 2.06. The number of aromatic nitrogens is 1. The van der Waals surface area contributed by atoms with Gasteiger partial charge in [0.05, 0.1) is 0 Å². The quantitative estimate of drug-likeness (QED) is 0.820. The molecular formula is C8H12Cl2N2O2. The lowest BCUT2D eigenvalue weighted by atomic mass is 10.1. The summed E-state index contributed by atoms with van der Waals surface area (Å²) in [6.07, 6.45) is 1.89. The molecule has 3 N–H and O–H groups in total. The highest BCUT2D eigenvalue weighted by Gasteiger charge is 2.11. The Kier molecular flexibility index (Phi) is 8.43. The molecule has 0 radical (unpaired) electrons. The molecule has 0 bridgehead atoms. The molecule has 0 spiro atoms. The molecule has 1 aromatic rings. The minimum absolute atomic E-state index is 0. The second-order valence-electron chi connectivity index (χ2n) is 2.47. The number of carbonyl (C=O) groups is 1. The van der Waals surface area contributed by atoms with Crippen molar-refractivity contribution in [2.24, 2.45) is 5.73 Å². The van der Waals surface area contributed by atoms with Crippen LogP contribution >= 0.6 is 24.8 Å². The van der Waals surface area contributed by atoms with E-state index in [4.69, 9.17) is 10.8 Å². The van der Waals surface area contributed by atoms with Crippen LogP contribution < -0.4 is 5.73 Å². The van der Waals surface area contributed by atoms with Crippen LogP contribution in [0.15, 0.2) is 24.4 Å². The highest BCUT2D eigenvalue weighted by Crippen LogP contribution is 1.97. The standard InChI is InChI=1S/C8H10N2O2.2ClH/c9-7(8(11)12)5-6-3-1-2-4-10-6;;/h1-4,7H,5,9H2,(H,11,12);2*1H. The lowest BCUT2D eigenvalue weighted by Gasteiger charge is -2.03. The van der Waals surface area contributed by atoms with Crippen molar-refractivity contribution in [2.75, 3.05) is 0 Å². The van der Waals surface area contributed by atoms with Crippen LogP contribution in [0.1, 0.15) is 5.69 Å². The van der Waals surface area contributed by atoms with Crippen molar-refractivity contribution < 1.29 is 9.90 Å². The number of carboxylic acid groups (broad SMARTS) is 1. The van der Waals surface area contributed by atoms with Crippen LogP contribution in [0.5, 0.6) is 0 Å². The van der Waals surface area contributed by atoms with Crippen LogP contribution in [0, 0.1) is 0 Å². The van der Waals surface area contributed by atoms with Gasteiger partial charge in [-0.15, -0.1) is 24.8 Å². The summed E-state index contributed by atoms with van der Waals surface area (Å²) in [5.74, 6) is -0.999. The number of pyridine rings is 1. The topological polar surface area (TPSA) is 76.2 Å². The smallest absolute Gasteiger partial charge is 0.320 e.